The van der Waals surface area contributed by atoms with Crippen molar-refractivity contribution in [2.75, 3.05) is 0 Å². The van der Waals surface area contributed by atoms with Crippen LogP contribution in [0.3, 0.4) is 0 Å². The fraction of sp³-hybridized carbons (Fsp3) is 0.471. The van der Waals surface area contributed by atoms with Crippen LogP contribution in [-0.4, -0.2) is 35.0 Å². The topological polar surface area (TPSA) is 136 Å². The summed E-state index contributed by atoms with van der Waals surface area (Å²) in [6.45, 7) is 5.31. The first kappa shape index (κ1) is 21.6. The van der Waals surface area contributed by atoms with Crippen LogP contribution in [0.5, 0.6) is 0 Å². The zero-order valence-corrected chi connectivity index (χ0v) is 14.4. The standard InChI is InChI=1S/C11H13NO3.C6H14N2O/c1-8(13)12-10(11(14)15)7-9-5-3-2-4-6-9;1-4(2)3-5(7)6(8)9/h2-6,10H,7H2,1H3,(H,12,13)(H,14,15);4-5H,3,7H2,1-2H3,(H2,8,9)/t10-;/m0./s1. The molecule has 0 fully saturated rings. The molecule has 1 aromatic carbocycles. The molecule has 0 radical (unpaired) electrons. The second-order valence-corrected chi connectivity index (χ2v) is 5.92. The van der Waals surface area contributed by atoms with Crippen molar-refractivity contribution in [1.82, 2.24) is 5.32 Å². The number of rotatable bonds is 7. The van der Waals surface area contributed by atoms with E-state index in [9.17, 15) is 14.4 Å². The van der Waals surface area contributed by atoms with Gasteiger partial charge in [0.15, 0.2) is 0 Å². The fourth-order valence-electron chi connectivity index (χ4n) is 1.92. The summed E-state index contributed by atoms with van der Waals surface area (Å²) in [5.41, 5.74) is 11.2. The van der Waals surface area contributed by atoms with Crippen molar-refractivity contribution in [3.8, 4) is 0 Å². The van der Waals surface area contributed by atoms with Gasteiger partial charge in [0, 0.05) is 13.3 Å². The highest BCUT2D eigenvalue weighted by molar-refractivity contribution is 5.82. The van der Waals surface area contributed by atoms with Crippen molar-refractivity contribution in [3.05, 3.63) is 35.9 Å². The summed E-state index contributed by atoms with van der Waals surface area (Å²) < 4.78 is 0. The largest absolute Gasteiger partial charge is 0.480 e. The third-order valence-corrected chi connectivity index (χ3v) is 3.05. The van der Waals surface area contributed by atoms with Gasteiger partial charge in [-0.15, -0.1) is 0 Å². The van der Waals surface area contributed by atoms with Crippen LogP contribution < -0.4 is 16.8 Å². The number of hydrogen-bond acceptors (Lipinski definition) is 4. The van der Waals surface area contributed by atoms with Gasteiger partial charge >= 0.3 is 5.97 Å². The number of carboxylic acids is 1. The Hall–Kier alpha value is -2.41. The fourth-order valence-corrected chi connectivity index (χ4v) is 1.92. The Labute approximate surface area is 142 Å². The van der Waals surface area contributed by atoms with Gasteiger partial charge in [0.05, 0.1) is 6.04 Å². The normalized spacial score (nSPS) is 12.5. The molecule has 0 aliphatic heterocycles. The summed E-state index contributed by atoms with van der Waals surface area (Å²) in [5.74, 6) is -1.33. The van der Waals surface area contributed by atoms with E-state index in [1.54, 1.807) is 0 Å². The number of amides is 2. The van der Waals surface area contributed by atoms with Crippen LogP contribution >= 0.6 is 0 Å². The van der Waals surface area contributed by atoms with Crippen molar-refractivity contribution >= 4 is 17.8 Å². The molecule has 0 aromatic heterocycles. The van der Waals surface area contributed by atoms with E-state index in [2.05, 4.69) is 5.32 Å². The summed E-state index contributed by atoms with van der Waals surface area (Å²) in [5, 5.41) is 11.3. The van der Waals surface area contributed by atoms with Crippen molar-refractivity contribution in [1.29, 1.82) is 0 Å². The molecular formula is C17H27N3O4. The molecule has 0 saturated carbocycles. The summed E-state index contributed by atoms with van der Waals surface area (Å²) in [6, 6.07) is 7.87. The zero-order valence-electron chi connectivity index (χ0n) is 14.4. The predicted octanol–water partition coefficient (Wildman–Crippen LogP) is 0.664. The van der Waals surface area contributed by atoms with E-state index in [-0.39, 0.29) is 5.91 Å². The molecule has 0 saturated heterocycles. The highest BCUT2D eigenvalue weighted by Crippen LogP contribution is 2.03. The molecule has 2 amide bonds. The Morgan fingerprint density at radius 1 is 1.17 bits per heavy atom. The number of hydrogen-bond donors (Lipinski definition) is 4. The van der Waals surface area contributed by atoms with Crippen LogP contribution in [0, 0.1) is 5.92 Å². The molecule has 24 heavy (non-hydrogen) atoms. The van der Waals surface area contributed by atoms with Gasteiger partial charge in [0.1, 0.15) is 6.04 Å². The molecule has 2 atom stereocenters. The Balaban J connectivity index is 0.000000506. The smallest absolute Gasteiger partial charge is 0.326 e. The van der Waals surface area contributed by atoms with Crippen LogP contribution in [0.25, 0.3) is 0 Å². The van der Waals surface area contributed by atoms with E-state index in [1.165, 1.54) is 6.92 Å². The highest BCUT2D eigenvalue weighted by Gasteiger charge is 2.18. The van der Waals surface area contributed by atoms with Crippen LogP contribution in [0.4, 0.5) is 0 Å². The Kier molecular flexibility index (Phi) is 10.1. The number of benzene rings is 1. The van der Waals surface area contributed by atoms with Gasteiger partial charge in [-0.2, -0.15) is 0 Å². The first-order valence-corrected chi connectivity index (χ1v) is 7.72. The van der Waals surface area contributed by atoms with Gasteiger partial charge in [-0.3, -0.25) is 9.59 Å². The Bertz CT molecular complexity index is 532. The molecule has 0 spiro atoms. The maximum atomic E-state index is 10.8. The van der Waals surface area contributed by atoms with Crippen molar-refractivity contribution in [2.45, 2.75) is 45.7 Å². The van der Waals surface area contributed by atoms with Crippen molar-refractivity contribution in [2.24, 2.45) is 17.4 Å². The molecule has 134 valence electrons. The predicted molar refractivity (Wildman–Crippen MR) is 92.0 cm³/mol. The van der Waals surface area contributed by atoms with Crippen LogP contribution in [0.2, 0.25) is 0 Å². The summed E-state index contributed by atoms with van der Waals surface area (Å²) >= 11 is 0. The zero-order chi connectivity index (χ0) is 18.7. The van der Waals surface area contributed by atoms with Crippen LogP contribution in [0.15, 0.2) is 30.3 Å². The van der Waals surface area contributed by atoms with E-state index in [0.717, 1.165) is 5.56 Å². The molecule has 6 N–H and O–H groups in total. The first-order chi connectivity index (χ1) is 11.1. The van der Waals surface area contributed by atoms with Crippen molar-refractivity contribution < 1.29 is 19.5 Å². The molecule has 7 heteroatoms. The SMILES string of the molecule is CC(=O)N[C@@H](Cc1ccccc1)C(=O)O.CC(C)CC(N)C(N)=O. The minimum atomic E-state index is -1.02. The molecule has 1 rings (SSSR count). The summed E-state index contributed by atoms with van der Waals surface area (Å²) in [7, 11) is 0. The summed E-state index contributed by atoms with van der Waals surface area (Å²) in [4.78, 5) is 31.9. The van der Waals surface area contributed by atoms with E-state index in [4.69, 9.17) is 16.6 Å². The maximum Gasteiger partial charge on any atom is 0.326 e. The van der Waals surface area contributed by atoms with Gasteiger partial charge in [-0.25, -0.2) is 4.79 Å². The maximum absolute atomic E-state index is 10.8. The number of carbonyl (C=O) groups is 3. The number of aliphatic carboxylic acids is 1. The number of carboxylic acid groups (broad SMARTS) is 1. The van der Waals surface area contributed by atoms with Gasteiger partial charge in [-0.1, -0.05) is 44.2 Å². The molecule has 1 unspecified atom stereocenters. The molecule has 0 aliphatic rings. The van der Waals surface area contributed by atoms with Gasteiger partial charge in [-0.05, 0) is 17.9 Å². The third kappa shape index (κ3) is 10.3. The third-order valence-electron chi connectivity index (χ3n) is 3.05. The minimum absolute atomic E-state index is 0.301. The van der Waals surface area contributed by atoms with Crippen LogP contribution in [0.1, 0.15) is 32.8 Å². The second-order valence-electron chi connectivity index (χ2n) is 5.92. The number of carbonyl (C=O) groups excluding carboxylic acids is 2. The van der Waals surface area contributed by atoms with Gasteiger partial charge in [0.25, 0.3) is 0 Å². The number of nitrogens with one attached hydrogen (secondary N) is 1. The first-order valence-electron chi connectivity index (χ1n) is 7.72. The quantitative estimate of drug-likeness (QED) is 0.579. The lowest BCUT2D eigenvalue weighted by molar-refractivity contribution is -0.141. The molecule has 1 aromatic rings. The molecule has 0 heterocycles. The Morgan fingerprint density at radius 2 is 1.71 bits per heavy atom. The molecular weight excluding hydrogens is 310 g/mol. The monoisotopic (exact) mass is 337 g/mol. The highest BCUT2D eigenvalue weighted by atomic mass is 16.4. The van der Waals surface area contributed by atoms with E-state index < -0.39 is 24.0 Å². The average Bonchev–Trinajstić information content (AvgIpc) is 2.47. The van der Waals surface area contributed by atoms with E-state index in [0.29, 0.717) is 18.8 Å². The lowest BCUT2D eigenvalue weighted by atomic mass is 10.0. The molecule has 0 bridgehead atoms. The average molecular weight is 337 g/mol. The lowest BCUT2D eigenvalue weighted by Gasteiger charge is -2.12. The summed E-state index contributed by atoms with van der Waals surface area (Å²) in [6.07, 6.45) is 0.977. The van der Waals surface area contributed by atoms with Gasteiger partial charge < -0.3 is 21.9 Å². The van der Waals surface area contributed by atoms with Crippen molar-refractivity contribution in [3.63, 3.8) is 0 Å². The molecule has 0 aliphatic carbocycles. The lowest BCUT2D eigenvalue weighted by Crippen LogP contribution is -2.41. The second kappa shape index (κ2) is 11.2. The van der Waals surface area contributed by atoms with Gasteiger partial charge in [0.2, 0.25) is 11.8 Å². The van der Waals surface area contributed by atoms with E-state index in [1.807, 2.05) is 44.2 Å². The van der Waals surface area contributed by atoms with E-state index >= 15 is 0 Å². The molecule has 7 nitrogen and oxygen atoms in total. The number of primary amides is 1. The minimum Gasteiger partial charge on any atom is -0.480 e. The Morgan fingerprint density at radius 3 is 2.04 bits per heavy atom. The van der Waals surface area contributed by atoms with Crippen LogP contribution in [-0.2, 0) is 20.8 Å². The number of nitrogens with two attached hydrogens (primary N) is 2.